The number of nitrogens with zero attached hydrogens (tertiary/aromatic N) is 2. The van der Waals surface area contributed by atoms with Crippen LogP contribution in [0.15, 0.2) is 48.5 Å². The van der Waals surface area contributed by atoms with Crippen LogP contribution in [0.5, 0.6) is 11.5 Å². The van der Waals surface area contributed by atoms with Crippen molar-refractivity contribution in [2.75, 3.05) is 31.4 Å². The second-order valence-corrected chi connectivity index (χ2v) is 6.57. The van der Waals surface area contributed by atoms with Gasteiger partial charge in [-0.25, -0.2) is 4.98 Å². The van der Waals surface area contributed by atoms with E-state index >= 15 is 0 Å². The highest BCUT2D eigenvalue weighted by Gasteiger charge is 2.07. The van der Waals surface area contributed by atoms with E-state index in [0.717, 1.165) is 47.2 Å². The van der Waals surface area contributed by atoms with Gasteiger partial charge in [-0.2, -0.15) is 4.98 Å². The van der Waals surface area contributed by atoms with Crippen LogP contribution in [0.4, 0.5) is 17.5 Å². The summed E-state index contributed by atoms with van der Waals surface area (Å²) in [6.07, 6.45) is 0.871. The van der Waals surface area contributed by atoms with Gasteiger partial charge < -0.3 is 20.1 Å². The Morgan fingerprint density at radius 2 is 1.68 bits per heavy atom. The van der Waals surface area contributed by atoms with E-state index in [1.54, 1.807) is 14.2 Å². The van der Waals surface area contributed by atoms with Gasteiger partial charge in [-0.15, -0.1) is 0 Å². The highest BCUT2D eigenvalue weighted by molar-refractivity contribution is 5.65. The lowest BCUT2D eigenvalue weighted by Crippen LogP contribution is -2.10. The third-order valence-electron chi connectivity index (χ3n) is 4.33. The van der Waals surface area contributed by atoms with Gasteiger partial charge in [0, 0.05) is 18.3 Å². The average Bonchev–Trinajstić information content (AvgIpc) is 2.68. The molecule has 0 bridgehead atoms. The van der Waals surface area contributed by atoms with Crippen LogP contribution in [-0.4, -0.2) is 30.7 Å². The molecule has 0 saturated carbocycles. The molecule has 3 aromatic rings. The number of anilines is 3. The first-order chi connectivity index (χ1) is 13.6. The van der Waals surface area contributed by atoms with Crippen molar-refractivity contribution in [3.8, 4) is 11.5 Å². The molecule has 0 fully saturated rings. The third-order valence-corrected chi connectivity index (χ3v) is 4.33. The second-order valence-electron chi connectivity index (χ2n) is 6.57. The third kappa shape index (κ3) is 5.13. The van der Waals surface area contributed by atoms with Crippen LogP contribution in [0.2, 0.25) is 0 Å². The van der Waals surface area contributed by atoms with Gasteiger partial charge in [-0.05, 0) is 55.7 Å². The molecular weight excluding hydrogens is 352 g/mol. The summed E-state index contributed by atoms with van der Waals surface area (Å²) in [5.41, 5.74) is 4.14. The lowest BCUT2D eigenvalue weighted by atomic mass is 10.1. The maximum absolute atomic E-state index is 5.43. The van der Waals surface area contributed by atoms with E-state index in [0.29, 0.717) is 5.95 Å². The summed E-state index contributed by atoms with van der Waals surface area (Å²) in [4.78, 5) is 9.06. The number of aryl methyl sites for hydroxylation is 2. The van der Waals surface area contributed by atoms with Crippen molar-refractivity contribution >= 4 is 17.5 Å². The van der Waals surface area contributed by atoms with Gasteiger partial charge in [0.15, 0.2) is 0 Å². The Morgan fingerprint density at radius 1 is 0.893 bits per heavy atom. The Balaban J connectivity index is 1.66. The van der Waals surface area contributed by atoms with Crippen LogP contribution < -0.4 is 20.1 Å². The number of nitrogens with one attached hydrogen (secondary N) is 2. The lowest BCUT2D eigenvalue weighted by molar-refractivity contribution is 0.414. The molecule has 28 heavy (non-hydrogen) atoms. The fourth-order valence-electron chi connectivity index (χ4n) is 2.88. The molecule has 1 heterocycles. The number of hydrogen-bond donors (Lipinski definition) is 2. The van der Waals surface area contributed by atoms with E-state index in [-0.39, 0.29) is 0 Å². The minimum Gasteiger partial charge on any atom is -0.497 e. The van der Waals surface area contributed by atoms with Crippen LogP contribution >= 0.6 is 0 Å². The van der Waals surface area contributed by atoms with Crippen LogP contribution in [0.1, 0.15) is 16.8 Å². The molecule has 0 atom stereocenters. The maximum atomic E-state index is 5.43. The Morgan fingerprint density at radius 3 is 2.39 bits per heavy atom. The van der Waals surface area contributed by atoms with Gasteiger partial charge in [-0.3, -0.25) is 0 Å². The van der Waals surface area contributed by atoms with E-state index in [4.69, 9.17) is 9.47 Å². The van der Waals surface area contributed by atoms with E-state index < -0.39 is 0 Å². The molecule has 0 aliphatic rings. The first-order valence-electron chi connectivity index (χ1n) is 9.21. The summed E-state index contributed by atoms with van der Waals surface area (Å²) in [5, 5.41) is 6.64. The Hall–Kier alpha value is -3.28. The van der Waals surface area contributed by atoms with Crippen molar-refractivity contribution in [2.24, 2.45) is 0 Å². The molecule has 2 aromatic carbocycles. The van der Waals surface area contributed by atoms with Gasteiger partial charge in [-0.1, -0.05) is 18.2 Å². The predicted molar refractivity (Wildman–Crippen MR) is 113 cm³/mol. The van der Waals surface area contributed by atoms with Gasteiger partial charge in [0.05, 0.1) is 19.9 Å². The summed E-state index contributed by atoms with van der Waals surface area (Å²) in [6.45, 7) is 4.74. The smallest absolute Gasteiger partial charge is 0.224 e. The Labute approximate surface area is 166 Å². The standard InChI is InChI=1S/C22H26N4O2/c1-15-5-10-20(28-4)19(13-15)25-21-14-16(2)24-22(26-21)23-12-11-17-6-8-18(27-3)9-7-17/h5-10,13-14H,11-12H2,1-4H3,(H2,23,24,25,26). The zero-order chi connectivity index (χ0) is 19.9. The Kier molecular flexibility index (Phi) is 6.32. The molecule has 3 rings (SSSR count). The normalized spacial score (nSPS) is 10.4. The number of rotatable bonds is 8. The first-order valence-corrected chi connectivity index (χ1v) is 9.21. The topological polar surface area (TPSA) is 68.3 Å². The summed E-state index contributed by atoms with van der Waals surface area (Å²) < 4.78 is 10.6. The molecule has 0 aliphatic heterocycles. The highest BCUT2D eigenvalue weighted by Crippen LogP contribution is 2.28. The van der Waals surface area contributed by atoms with Crippen molar-refractivity contribution in [1.82, 2.24) is 9.97 Å². The molecule has 2 N–H and O–H groups in total. The fourth-order valence-corrected chi connectivity index (χ4v) is 2.88. The monoisotopic (exact) mass is 378 g/mol. The van der Waals surface area contributed by atoms with Crippen LogP contribution in [0, 0.1) is 13.8 Å². The first kappa shape index (κ1) is 19.5. The van der Waals surface area contributed by atoms with E-state index in [2.05, 4.69) is 32.7 Å². The van der Waals surface area contributed by atoms with Crippen LogP contribution in [0.3, 0.4) is 0 Å². The second kappa shape index (κ2) is 9.08. The number of hydrogen-bond acceptors (Lipinski definition) is 6. The molecular formula is C22H26N4O2. The quantitative estimate of drug-likeness (QED) is 0.601. The van der Waals surface area contributed by atoms with Crippen molar-refractivity contribution in [3.05, 3.63) is 65.4 Å². The van der Waals surface area contributed by atoms with Gasteiger partial charge in [0.2, 0.25) is 5.95 Å². The molecule has 0 saturated heterocycles. The SMILES string of the molecule is COc1ccc(CCNc2nc(C)cc(Nc3cc(C)ccc3OC)n2)cc1. The molecule has 1 aromatic heterocycles. The minimum absolute atomic E-state index is 0.600. The molecule has 6 heteroatoms. The van der Waals surface area contributed by atoms with Crippen LogP contribution in [0.25, 0.3) is 0 Å². The largest absolute Gasteiger partial charge is 0.497 e. The predicted octanol–water partition coefficient (Wildman–Crippen LogP) is 4.51. The Bertz CT molecular complexity index is 926. The number of ether oxygens (including phenoxy) is 2. The van der Waals surface area contributed by atoms with Crippen molar-refractivity contribution in [1.29, 1.82) is 0 Å². The molecule has 0 unspecified atom stereocenters. The molecule has 0 radical (unpaired) electrons. The lowest BCUT2D eigenvalue weighted by Gasteiger charge is -2.13. The zero-order valence-corrected chi connectivity index (χ0v) is 16.7. The van der Waals surface area contributed by atoms with Crippen molar-refractivity contribution in [3.63, 3.8) is 0 Å². The summed E-state index contributed by atoms with van der Waals surface area (Å²) in [6, 6.07) is 16.0. The van der Waals surface area contributed by atoms with E-state index in [9.17, 15) is 0 Å². The zero-order valence-electron chi connectivity index (χ0n) is 16.7. The average molecular weight is 378 g/mol. The van der Waals surface area contributed by atoms with Crippen LogP contribution in [-0.2, 0) is 6.42 Å². The maximum Gasteiger partial charge on any atom is 0.224 e. The van der Waals surface area contributed by atoms with Crippen molar-refractivity contribution in [2.45, 2.75) is 20.3 Å². The molecule has 0 amide bonds. The summed E-state index contributed by atoms with van der Waals surface area (Å²) >= 11 is 0. The molecule has 146 valence electrons. The van der Waals surface area contributed by atoms with Gasteiger partial charge in [0.25, 0.3) is 0 Å². The molecule has 0 spiro atoms. The minimum atomic E-state index is 0.600. The van der Waals surface area contributed by atoms with E-state index in [1.807, 2.05) is 50.2 Å². The van der Waals surface area contributed by atoms with Crippen molar-refractivity contribution < 1.29 is 9.47 Å². The number of methoxy groups -OCH3 is 2. The summed E-state index contributed by atoms with van der Waals surface area (Å²) in [5.74, 6) is 2.96. The summed E-state index contributed by atoms with van der Waals surface area (Å²) in [7, 11) is 3.33. The number of aromatic nitrogens is 2. The number of benzene rings is 2. The molecule has 0 aliphatic carbocycles. The fraction of sp³-hybridized carbons (Fsp3) is 0.273. The molecule has 6 nitrogen and oxygen atoms in total. The van der Waals surface area contributed by atoms with Gasteiger partial charge >= 0.3 is 0 Å². The van der Waals surface area contributed by atoms with Gasteiger partial charge in [0.1, 0.15) is 17.3 Å². The van der Waals surface area contributed by atoms with E-state index in [1.165, 1.54) is 5.56 Å². The highest BCUT2D eigenvalue weighted by atomic mass is 16.5.